The Balaban J connectivity index is 1.29. The van der Waals surface area contributed by atoms with Crippen LogP contribution in [-0.4, -0.2) is 84.6 Å². The third-order valence-electron chi connectivity index (χ3n) is 6.70. The first kappa shape index (κ1) is 22.1. The number of amides is 1. The van der Waals surface area contributed by atoms with Crippen LogP contribution in [0.25, 0.3) is 11.2 Å². The molecule has 0 saturated carbocycles. The highest BCUT2D eigenvalue weighted by molar-refractivity contribution is 6.05. The summed E-state index contributed by atoms with van der Waals surface area (Å²) in [5, 5.41) is 12.7. The second-order valence-electron chi connectivity index (χ2n) is 9.18. The Hall–Kier alpha value is -3.38. The van der Waals surface area contributed by atoms with E-state index >= 15 is 0 Å². The summed E-state index contributed by atoms with van der Waals surface area (Å²) in [6.45, 7) is 5.47. The molecule has 6 heterocycles. The van der Waals surface area contributed by atoms with Crippen molar-refractivity contribution in [2.75, 3.05) is 72.5 Å². The monoisotopic (exact) mass is 483 g/mol. The van der Waals surface area contributed by atoms with Gasteiger partial charge < -0.3 is 38.7 Å². The van der Waals surface area contributed by atoms with Gasteiger partial charge in [-0.2, -0.15) is 9.97 Å². The number of carbonyl (C=O) groups excluding carboxylic acids is 1. The predicted molar refractivity (Wildman–Crippen MR) is 128 cm³/mol. The number of pyridine rings is 1. The average Bonchev–Trinajstić information content (AvgIpc) is 3.64. The van der Waals surface area contributed by atoms with E-state index < -0.39 is 12.0 Å². The summed E-state index contributed by atoms with van der Waals surface area (Å²) >= 11 is 0. The highest BCUT2D eigenvalue weighted by Gasteiger charge is 2.27. The number of fused-ring (bicyclic) bond motifs is 1. The largest absolute Gasteiger partial charge is 0.431 e. The maximum absolute atomic E-state index is 13.1. The van der Waals surface area contributed by atoms with Crippen LogP contribution in [0, 0.1) is 0 Å². The lowest BCUT2D eigenvalue weighted by molar-refractivity contribution is 0.102. The topological polar surface area (TPSA) is 133 Å². The molecule has 0 aliphatic carbocycles. The van der Waals surface area contributed by atoms with Crippen LogP contribution >= 0.6 is 0 Å². The molecule has 3 aliphatic heterocycles. The lowest BCUT2D eigenvalue weighted by Gasteiger charge is -2.29. The molecule has 0 spiro atoms. The van der Waals surface area contributed by atoms with Crippen LogP contribution in [0.1, 0.15) is 36.2 Å². The molecule has 0 aromatic carbocycles. The minimum Gasteiger partial charge on any atom is -0.431 e. The lowest BCUT2D eigenvalue weighted by Crippen LogP contribution is -2.36. The van der Waals surface area contributed by atoms with Crippen molar-refractivity contribution in [1.82, 2.24) is 15.0 Å². The molecule has 3 aromatic heterocycles. The molecule has 3 aromatic rings. The van der Waals surface area contributed by atoms with Crippen LogP contribution in [0.2, 0.25) is 0 Å². The SMILES string of the molecule is O=C(Nc1cc2oc(N3CCOCC3)nc2nc1N1CCCCC1)c1coc(N2CCC(O)C2)n1. The van der Waals surface area contributed by atoms with Crippen molar-refractivity contribution in [1.29, 1.82) is 0 Å². The van der Waals surface area contributed by atoms with Crippen molar-refractivity contribution in [3.05, 3.63) is 18.0 Å². The van der Waals surface area contributed by atoms with Gasteiger partial charge in [-0.1, -0.05) is 0 Å². The Bertz CT molecular complexity index is 1200. The number of aliphatic hydroxyl groups is 1. The summed E-state index contributed by atoms with van der Waals surface area (Å²) in [6.07, 6.45) is 4.90. The smallest absolute Gasteiger partial charge is 0.300 e. The molecule has 3 fully saturated rings. The highest BCUT2D eigenvalue weighted by Crippen LogP contribution is 2.33. The minimum absolute atomic E-state index is 0.164. The first-order valence-corrected chi connectivity index (χ1v) is 12.2. The van der Waals surface area contributed by atoms with Crippen LogP contribution < -0.4 is 20.0 Å². The zero-order chi connectivity index (χ0) is 23.8. The van der Waals surface area contributed by atoms with Crippen LogP contribution in [0.5, 0.6) is 0 Å². The lowest BCUT2D eigenvalue weighted by atomic mass is 10.1. The molecule has 0 bridgehead atoms. The fourth-order valence-corrected chi connectivity index (χ4v) is 4.79. The van der Waals surface area contributed by atoms with Gasteiger partial charge in [0, 0.05) is 45.3 Å². The van der Waals surface area contributed by atoms with Gasteiger partial charge in [-0.15, -0.1) is 0 Å². The number of piperidine rings is 1. The van der Waals surface area contributed by atoms with E-state index in [9.17, 15) is 9.90 Å². The molecular weight excluding hydrogens is 454 g/mol. The zero-order valence-corrected chi connectivity index (χ0v) is 19.5. The zero-order valence-electron chi connectivity index (χ0n) is 19.5. The summed E-state index contributed by atoms with van der Waals surface area (Å²) in [5.41, 5.74) is 1.74. The van der Waals surface area contributed by atoms with Gasteiger partial charge in [0.2, 0.25) is 5.65 Å². The molecule has 1 amide bonds. The summed E-state index contributed by atoms with van der Waals surface area (Å²) in [5.74, 6) is 0.283. The van der Waals surface area contributed by atoms with Crippen LogP contribution in [0.3, 0.4) is 0 Å². The first-order chi connectivity index (χ1) is 17.1. The quantitative estimate of drug-likeness (QED) is 0.551. The molecule has 3 saturated heterocycles. The standard InChI is InChI=1S/C23H29N7O5/c31-15-4-7-30(13-15)22-25-17(14-34-22)21(32)24-16-12-18-19(26-20(16)28-5-2-1-3-6-28)27-23(35-18)29-8-10-33-11-9-29/h12,14-15,31H,1-11,13H2,(H,24,32). The third kappa shape index (κ3) is 4.50. The number of ether oxygens (including phenoxy) is 1. The molecule has 2 N–H and O–H groups in total. The number of nitrogens with zero attached hydrogens (tertiary/aromatic N) is 6. The number of oxazole rings is 2. The summed E-state index contributed by atoms with van der Waals surface area (Å²) in [7, 11) is 0. The van der Waals surface area contributed by atoms with E-state index in [2.05, 4.69) is 20.2 Å². The van der Waals surface area contributed by atoms with E-state index in [0.717, 1.165) is 25.9 Å². The number of hydrogen-bond acceptors (Lipinski definition) is 11. The first-order valence-electron chi connectivity index (χ1n) is 12.2. The third-order valence-corrected chi connectivity index (χ3v) is 6.70. The Kier molecular flexibility index (Phi) is 5.90. The van der Waals surface area contributed by atoms with Gasteiger partial charge >= 0.3 is 0 Å². The van der Waals surface area contributed by atoms with E-state index in [1.54, 1.807) is 6.07 Å². The maximum atomic E-state index is 13.1. The Morgan fingerprint density at radius 1 is 0.971 bits per heavy atom. The van der Waals surface area contributed by atoms with Crippen molar-refractivity contribution < 1.29 is 23.5 Å². The van der Waals surface area contributed by atoms with Crippen molar-refractivity contribution >= 4 is 40.7 Å². The number of anilines is 4. The van der Waals surface area contributed by atoms with Crippen LogP contribution in [0.4, 0.5) is 23.5 Å². The molecule has 35 heavy (non-hydrogen) atoms. The molecule has 1 unspecified atom stereocenters. The van der Waals surface area contributed by atoms with E-state index in [0.29, 0.717) is 80.6 Å². The summed E-state index contributed by atoms with van der Waals surface area (Å²) in [6, 6.07) is 2.64. The Labute approximate surface area is 201 Å². The molecule has 6 rings (SSSR count). The average molecular weight is 484 g/mol. The van der Waals surface area contributed by atoms with Crippen molar-refractivity contribution in [3.63, 3.8) is 0 Å². The fourth-order valence-electron chi connectivity index (χ4n) is 4.79. The summed E-state index contributed by atoms with van der Waals surface area (Å²) < 4.78 is 17.0. The van der Waals surface area contributed by atoms with Gasteiger partial charge in [-0.25, -0.2) is 4.98 Å². The Morgan fingerprint density at radius 3 is 2.57 bits per heavy atom. The number of nitrogens with one attached hydrogen (secondary N) is 1. The van der Waals surface area contributed by atoms with Crippen molar-refractivity contribution in [3.8, 4) is 0 Å². The highest BCUT2D eigenvalue weighted by atomic mass is 16.5. The van der Waals surface area contributed by atoms with E-state index in [1.165, 1.54) is 12.7 Å². The van der Waals surface area contributed by atoms with E-state index in [4.69, 9.17) is 18.6 Å². The van der Waals surface area contributed by atoms with Gasteiger partial charge in [0.05, 0.1) is 25.0 Å². The second kappa shape index (κ2) is 9.34. The van der Waals surface area contributed by atoms with Gasteiger partial charge in [0.1, 0.15) is 6.26 Å². The molecule has 12 heteroatoms. The van der Waals surface area contributed by atoms with Gasteiger partial charge in [-0.05, 0) is 25.7 Å². The summed E-state index contributed by atoms with van der Waals surface area (Å²) in [4.78, 5) is 32.9. The van der Waals surface area contributed by atoms with Crippen LogP contribution in [0.15, 0.2) is 21.2 Å². The minimum atomic E-state index is -0.409. The maximum Gasteiger partial charge on any atom is 0.300 e. The van der Waals surface area contributed by atoms with Gasteiger partial charge in [-0.3, -0.25) is 4.79 Å². The normalized spacial score (nSPS) is 21.2. The second-order valence-corrected chi connectivity index (χ2v) is 9.18. The fraction of sp³-hybridized carbons (Fsp3) is 0.565. The molecule has 1 atom stereocenters. The van der Waals surface area contributed by atoms with E-state index in [1.807, 2.05) is 9.80 Å². The number of carbonyl (C=O) groups is 1. The Morgan fingerprint density at radius 2 is 1.80 bits per heavy atom. The number of aromatic nitrogens is 3. The molecular formula is C23H29N7O5. The van der Waals surface area contributed by atoms with Gasteiger partial charge in [0.25, 0.3) is 17.9 Å². The molecule has 12 nitrogen and oxygen atoms in total. The number of rotatable bonds is 5. The molecule has 3 aliphatic rings. The van der Waals surface area contributed by atoms with Crippen LogP contribution in [-0.2, 0) is 4.74 Å². The van der Waals surface area contributed by atoms with Crippen molar-refractivity contribution in [2.24, 2.45) is 0 Å². The number of β-amino-alcohol motifs (C(OH)–C–C–N with tert-alkyl or cyclic N) is 1. The van der Waals surface area contributed by atoms with E-state index in [-0.39, 0.29) is 5.69 Å². The number of aliphatic hydroxyl groups excluding tert-OH is 1. The molecule has 186 valence electrons. The molecule has 0 radical (unpaired) electrons. The number of hydrogen-bond donors (Lipinski definition) is 2. The number of morpholine rings is 1. The van der Waals surface area contributed by atoms with Gasteiger partial charge in [0.15, 0.2) is 17.1 Å². The van der Waals surface area contributed by atoms with Crippen molar-refractivity contribution in [2.45, 2.75) is 31.8 Å². The predicted octanol–water partition coefficient (Wildman–Crippen LogP) is 1.86.